The van der Waals surface area contributed by atoms with Gasteiger partial charge in [-0.1, -0.05) is 107 Å². The molecule has 8 heteroatoms. The van der Waals surface area contributed by atoms with Crippen LogP contribution in [0.15, 0.2) is 114 Å². The smallest absolute Gasteiger partial charge is 0.407 e. The number of nitrogens with zero attached hydrogens (tertiary/aromatic N) is 3. The molecule has 200 valence electrons. The maximum atomic E-state index is 13.4. The van der Waals surface area contributed by atoms with E-state index in [1.165, 1.54) is 4.90 Å². The van der Waals surface area contributed by atoms with Crippen LogP contribution in [-0.4, -0.2) is 44.9 Å². The molecule has 1 fully saturated rings. The molecule has 4 aromatic carbocycles. The summed E-state index contributed by atoms with van der Waals surface area (Å²) >= 11 is 3.60. The Morgan fingerprint density at radius 3 is 1.90 bits per heavy atom. The minimum atomic E-state index is -1.01. The molecule has 0 unspecified atom stereocenters. The van der Waals surface area contributed by atoms with Gasteiger partial charge in [-0.05, 0) is 41.3 Å². The molecular weight excluding hydrogens is 568 g/mol. The maximum Gasteiger partial charge on any atom is 0.407 e. The number of halogens is 1. The van der Waals surface area contributed by atoms with E-state index in [2.05, 4.69) is 57.6 Å². The van der Waals surface area contributed by atoms with Crippen molar-refractivity contribution in [3.8, 4) is 0 Å². The van der Waals surface area contributed by atoms with E-state index >= 15 is 0 Å². The quantitative estimate of drug-likeness (QED) is 0.217. The largest absolute Gasteiger partial charge is 0.465 e. The number of nitrogens with one attached hydrogen (secondary N) is 1. The lowest BCUT2D eigenvalue weighted by Gasteiger charge is -2.37. The third kappa shape index (κ3) is 4.44. The highest BCUT2D eigenvalue weighted by atomic mass is 79.9. The fraction of sp³-hybridized carbons (Fsp3) is 0.156. The summed E-state index contributed by atoms with van der Waals surface area (Å²) in [4.78, 5) is 26.1. The standard InChI is InChI=1S/C32H27BrN4O3/c33-26-16-17-28-27(20-26)29(34-30(38)22-18-19-36(21-22)31(39)40)35-37(28)32(23-10-4-1-5-11-23,24-12-6-2-7-13-24)25-14-8-3-9-15-25/h1-17,20,22H,18-19,21H2,(H,39,40)(H,34,35,38)/t22-/m1/s1. The fourth-order valence-corrected chi connectivity index (χ4v) is 6.07. The predicted octanol–water partition coefficient (Wildman–Crippen LogP) is 6.58. The van der Waals surface area contributed by atoms with Crippen molar-refractivity contribution in [3.05, 3.63) is 130 Å². The van der Waals surface area contributed by atoms with E-state index in [1.807, 2.05) is 77.5 Å². The Morgan fingerprint density at radius 1 is 0.850 bits per heavy atom. The van der Waals surface area contributed by atoms with E-state index in [-0.39, 0.29) is 12.5 Å². The van der Waals surface area contributed by atoms with Gasteiger partial charge in [0.25, 0.3) is 0 Å². The first-order chi connectivity index (χ1) is 19.5. The van der Waals surface area contributed by atoms with Gasteiger partial charge >= 0.3 is 6.09 Å². The van der Waals surface area contributed by atoms with E-state index in [1.54, 1.807) is 0 Å². The summed E-state index contributed by atoms with van der Waals surface area (Å²) in [6, 6.07) is 36.7. The Kier molecular flexibility index (Phi) is 6.86. The molecule has 1 saturated heterocycles. The second-order valence-electron chi connectivity index (χ2n) is 9.93. The average molecular weight is 595 g/mol. The van der Waals surface area contributed by atoms with Crippen molar-refractivity contribution >= 4 is 44.7 Å². The van der Waals surface area contributed by atoms with Crippen LogP contribution in [0, 0.1) is 5.92 Å². The van der Waals surface area contributed by atoms with E-state index in [9.17, 15) is 14.7 Å². The zero-order valence-electron chi connectivity index (χ0n) is 21.6. The molecule has 7 nitrogen and oxygen atoms in total. The molecule has 2 heterocycles. The SMILES string of the molecule is O=C(Nc1nn(C(c2ccccc2)(c2ccccc2)c2ccccc2)c2ccc(Br)cc12)[C@@H]1CCN(C(=O)O)C1. The molecule has 1 atom stereocenters. The van der Waals surface area contributed by atoms with Crippen LogP contribution < -0.4 is 5.32 Å². The lowest BCUT2D eigenvalue weighted by Crippen LogP contribution is -2.38. The van der Waals surface area contributed by atoms with Gasteiger partial charge in [-0.3, -0.25) is 4.79 Å². The lowest BCUT2D eigenvalue weighted by molar-refractivity contribution is -0.119. The van der Waals surface area contributed by atoms with Crippen LogP contribution in [0.1, 0.15) is 23.1 Å². The number of rotatable bonds is 6. The van der Waals surface area contributed by atoms with Gasteiger partial charge in [-0.25, -0.2) is 9.48 Å². The molecule has 5 aromatic rings. The van der Waals surface area contributed by atoms with Gasteiger partial charge in [0.2, 0.25) is 5.91 Å². The summed E-state index contributed by atoms with van der Waals surface area (Å²) in [5.41, 5.74) is 3.04. The van der Waals surface area contributed by atoms with Crippen LogP contribution in [0.2, 0.25) is 0 Å². The van der Waals surface area contributed by atoms with Crippen molar-refractivity contribution in [2.45, 2.75) is 12.0 Å². The van der Waals surface area contributed by atoms with Gasteiger partial charge in [0.1, 0.15) is 5.54 Å². The van der Waals surface area contributed by atoms with E-state index in [0.717, 1.165) is 32.1 Å². The molecule has 1 aliphatic heterocycles. The molecule has 2 amide bonds. The number of fused-ring (bicyclic) bond motifs is 1. The number of carboxylic acid groups (broad SMARTS) is 1. The van der Waals surface area contributed by atoms with Gasteiger partial charge in [0, 0.05) is 22.9 Å². The molecule has 0 aliphatic carbocycles. The molecule has 0 radical (unpaired) electrons. The van der Waals surface area contributed by atoms with Crippen molar-refractivity contribution < 1.29 is 14.7 Å². The molecule has 0 saturated carbocycles. The molecule has 6 rings (SSSR count). The summed E-state index contributed by atoms with van der Waals surface area (Å²) < 4.78 is 2.86. The number of hydrogen-bond acceptors (Lipinski definition) is 3. The number of anilines is 1. The normalized spacial score (nSPS) is 15.3. The number of aromatic nitrogens is 2. The van der Waals surface area contributed by atoms with Crippen LogP contribution >= 0.6 is 15.9 Å². The van der Waals surface area contributed by atoms with E-state index in [4.69, 9.17) is 5.10 Å². The Morgan fingerprint density at radius 2 is 1.40 bits per heavy atom. The monoisotopic (exact) mass is 594 g/mol. The third-order valence-corrected chi connectivity index (χ3v) is 8.10. The highest BCUT2D eigenvalue weighted by Crippen LogP contribution is 2.43. The molecule has 0 spiro atoms. The van der Waals surface area contributed by atoms with Crippen LogP contribution in [0.3, 0.4) is 0 Å². The molecule has 0 bridgehead atoms. The first-order valence-corrected chi connectivity index (χ1v) is 13.9. The Balaban J connectivity index is 1.58. The Bertz CT molecular complexity index is 1580. The number of carbonyl (C=O) groups is 2. The van der Waals surface area contributed by atoms with Gasteiger partial charge in [-0.2, -0.15) is 5.10 Å². The predicted molar refractivity (Wildman–Crippen MR) is 158 cm³/mol. The lowest BCUT2D eigenvalue weighted by atomic mass is 9.77. The van der Waals surface area contributed by atoms with Crippen molar-refractivity contribution in [1.82, 2.24) is 14.7 Å². The third-order valence-electron chi connectivity index (χ3n) is 7.61. The molecule has 1 aliphatic rings. The number of hydrogen-bond donors (Lipinski definition) is 2. The zero-order chi connectivity index (χ0) is 27.7. The summed E-state index contributed by atoms with van der Waals surface area (Å²) in [6.45, 7) is 0.513. The average Bonchev–Trinajstić information content (AvgIpc) is 3.62. The van der Waals surface area contributed by atoms with Crippen LogP contribution in [0.5, 0.6) is 0 Å². The summed E-state index contributed by atoms with van der Waals surface area (Å²) in [7, 11) is 0. The number of benzene rings is 4. The first kappa shape index (κ1) is 25.8. The Hall–Kier alpha value is -4.43. The Labute approximate surface area is 240 Å². The summed E-state index contributed by atoms with van der Waals surface area (Å²) in [6.07, 6.45) is -0.532. The number of carbonyl (C=O) groups excluding carboxylic acids is 1. The fourth-order valence-electron chi connectivity index (χ4n) is 5.71. The van der Waals surface area contributed by atoms with Crippen molar-refractivity contribution in [1.29, 1.82) is 0 Å². The first-order valence-electron chi connectivity index (χ1n) is 13.1. The van der Waals surface area contributed by atoms with Gasteiger partial charge in [0.05, 0.1) is 11.4 Å². The topological polar surface area (TPSA) is 87.5 Å². The highest BCUT2D eigenvalue weighted by molar-refractivity contribution is 9.10. The van der Waals surface area contributed by atoms with Crippen LogP contribution in [-0.2, 0) is 10.3 Å². The van der Waals surface area contributed by atoms with Gasteiger partial charge in [-0.15, -0.1) is 0 Å². The van der Waals surface area contributed by atoms with Crippen molar-refractivity contribution in [3.63, 3.8) is 0 Å². The van der Waals surface area contributed by atoms with Crippen LogP contribution in [0.4, 0.5) is 10.6 Å². The van der Waals surface area contributed by atoms with Crippen molar-refractivity contribution in [2.75, 3.05) is 18.4 Å². The summed E-state index contributed by atoms with van der Waals surface area (Å²) in [5, 5.41) is 18.3. The number of likely N-dealkylation sites (tertiary alicyclic amines) is 1. The maximum absolute atomic E-state index is 13.4. The second-order valence-corrected chi connectivity index (χ2v) is 10.8. The van der Waals surface area contributed by atoms with Crippen LogP contribution in [0.25, 0.3) is 10.9 Å². The minimum absolute atomic E-state index is 0.172. The number of amides is 2. The molecule has 2 N–H and O–H groups in total. The molecule has 40 heavy (non-hydrogen) atoms. The zero-order valence-corrected chi connectivity index (χ0v) is 23.2. The summed E-state index contributed by atoms with van der Waals surface area (Å²) in [5.74, 6) is -0.243. The van der Waals surface area contributed by atoms with E-state index < -0.39 is 17.6 Å². The van der Waals surface area contributed by atoms with Gasteiger partial charge < -0.3 is 15.3 Å². The molecular formula is C32H27BrN4O3. The second kappa shape index (κ2) is 10.6. The minimum Gasteiger partial charge on any atom is -0.465 e. The van der Waals surface area contributed by atoms with E-state index in [0.29, 0.717) is 18.8 Å². The van der Waals surface area contributed by atoms with Gasteiger partial charge in [0.15, 0.2) is 5.82 Å². The highest BCUT2D eigenvalue weighted by Gasteiger charge is 2.41. The van der Waals surface area contributed by atoms with Crippen molar-refractivity contribution in [2.24, 2.45) is 5.92 Å². The molecule has 1 aromatic heterocycles.